The van der Waals surface area contributed by atoms with E-state index in [0.29, 0.717) is 5.02 Å². The summed E-state index contributed by atoms with van der Waals surface area (Å²) in [6.07, 6.45) is 1.06. The van der Waals surface area contributed by atoms with Gasteiger partial charge >= 0.3 is 0 Å². The molecule has 0 radical (unpaired) electrons. The molecule has 0 fully saturated rings. The second kappa shape index (κ2) is 6.57. The lowest BCUT2D eigenvalue weighted by atomic mass is 10.2. The van der Waals surface area contributed by atoms with Gasteiger partial charge in [-0.15, -0.1) is 0 Å². The van der Waals surface area contributed by atoms with Crippen molar-refractivity contribution in [1.82, 2.24) is 5.32 Å². The summed E-state index contributed by atoms with van der Waals surface area (Å²) in [6.45, 7) is 1.74. The molecule has 0 heterocycles. The molecule has 0 unspecified atom stereocenters. The van der Waals surface area contributed by atoms with Gasteiger partial charge in [-0.3, -0.25) is 0 Å². The van der Waals surface area contributed by atoms with E-state index in [4.69, 9.17) is 23.2 Å². The van der Waals surface area contributed by atoms with Crippen molar-refractivity contribution in [2.24, 2.45) is 0 Å². The van der Waals surface area contributed by atoms with Crippen LogP contribution in [0.15, 0.2) is 18.2 Å². The molecule has 14 heavy (non-hydrogen) atoms. The van der Waals surface area contributed by atoms with Crippen LogP contribution < -0.4 is 5.32 Å². The van der Waals surface area contributed by atoms with E-state index in [9.17, 15) is 0 Å². The largest absolute Gasteiger partial charge is 0.313 e. The summed E-state index contributed by atoms with van der Waals surface area (Å²) in [5, 5.41) is 4.68. The van der Waals surface area contributed by atoms with Crippen LogP contribution in [0.2, 0.25) is 10.0 Å². The molecule has 0 atom stereocenters. The summed E-state index contributed by atoms with van der Waals surface area (Å²) in [7, 11) is 0. The Bertz CT molecular complexity index is 291. The Labute approximate surface area is 100 Å². The van der Waals surface area contributed by atoms with Crippen molar-refractivity contribution in [2.45, 2.75) is 13.0 Å². The predicted octanol–water partition coefficient (Wildman–Crippen LogP) is 3.40. The molecule has 1 N–H and O–H groups in total. The fraction of sp³-hybridized carbons (Fsp3) is 0.400. The topological polar surface area (TPSA) is 12.0 Å². The second-order valence-electron chi connectivity index (χ2n) is 2.99. The van der Waals surface area contributed by atoms with Gasteiger partial charge in [-0.1, -0.05) is 29.3 Å². The molecule has 0 saturated carbocycles. The van der Waals surface area contributed by atoms with Gasteiger partial charge in [-0.25, -0.2) is 0 Å². The zero-order valence-corrected chi connectivity index (χ0v) is 10.2. The lowest BCUT2D eigenvalue weighted by Gasteiger charge is -2.06. The number of hydrogen-bond acceptors (Lipinski definition) is 2. The van der Waals surface area contributed by atoms with Crippen LogP contribution in [0.1, 0.15) is 12.0 Å². The minimum atomic E-state index is 0.675. The second-order valence-corrected chi connectivity index (χ2v) is 4.28. The average molecular weight is 250 g/mol. The Morgan fingerprint density at radius 3 is 2.71 bits per heavy atom. The van der Waals surface area contributed by atoms with Crippen LogP contribution in [0, 0.1) is 0 Å². The molecule has 1 nitrogen and oxygen atoms in total. The number of nitrogens with one attached hydrogen (secondary N) is 1. The molecule has 1 rings (SSSR count). The van der Waals surface area contributed by atoms with Gasteiger partial charge in [0, 0.05) is 16.6 Å². The van der Waals surface area contributed by atoms with E-state index in [1.165, 1.54) is 0 Å². The highest BCUT2D eigenvalue weighted by molar-refractivity contribution is 7.80. The molecule has 0 aliphatic carbocycles. The van der Waals surface area contributed by atoms with Gasteiger partial charge in [-0.2, -0.15) is 12.6 Å². The number of halogens is 2. The zero-order chi connectivity index (χ0) is 10.4. The van der Waals surface area contributed by atoms with Crippen molar-refractivity contribution < 1.29 is 0 Å². The highest BCUT2D eigenvalue weighted by Gasteiger charge is 1.99. The summed E-state index contributed by atoms with van der Waals surface area (Å²) in [4.78, 5) is 0. The molecule has 0 amide bonds. The van der Waals surface area contributed by atoms with Gasteiger partial charge < -0.3 is 5.32 Å². The van der Waals surface area contributed by atoms with Gasteiger partial charge in [0.25, 0.3) is 0 Å². The van der Waals surface area contributed by atoms with Gasteiger partial charge in [0.2, 0.25) is 0 Å². The molecule has 0 aromatic heterocycles. The van der Waals surface area contributed by atoms with Crippen molar-refractivity contribution in [3.8, 4) is 0 Å². The van der Waals surface area contributed by atoms with E-state index in [-0.39, 0.29) is 0 Å². The highest BCUT2D eigenvalue weighted by atomic mass is 35.5. The number of benzene rings is 1. The summed E-state index contributed by atoms with van der Waals surface area (Å²) in [6, 6.07) is 5.56. The Morgan fingerprint density at radius 1 is 1.29 bits per heavy atom. The van der Waals surface area contributed by atoms with Crippen LogP contribution in [0.5, 0.6) is 0 Å². The van der Waals surface area contributed by atoms with Crippen molar-refractivity contribution >= 4 is 35.8 Å². The van der Waals surface area contributed by atoms with Gasteiger partial charge in [0.1, 0.15) is 0 Å². The Balaban J connectivity index is 2.42. The molecule has 1 aromatic carbocycles. The SMILES string of the molecule is SCCCNCc1ccc(Cl)cc1Cl. The molecule has 0 spiro atoms. The molecule has 0 bridgehead atoms. The van der Waals surface area contributed by atoms with E-state index < -0.39 is 0 Å². The van der Waals surface area contributed by atoms with Crippen LogP contribution in [0.4, 0.5) is 0 Å². The van der Waals surface area contributed by atoms with Crippen molar-refractivity contribution in [2.75, 3.05) is 12.3 Å². The van der Waals surface area contributed by atoms with E-state index in [2.05, 4.69) is 17.9 Å². The molecular weight excluding hydrogens is 237 g/mol. The number of rotatable bonds is 5. The molecule has 0 aliphatic rings. The normalized spacial score (nSPS) is 10.5. The fourth-order valence-electron chi connectivity index (χ4n) is 1.09. The number of thiol groups is 1. The van der Waals surface area contributed by atoms with E-state index >= 15 is 0 Å². The Morgan fingerprint density at radius 2 is 2.07 bits per heavy atom. The smallest absolute Gasteiger partial charge is 0.0465 e. The third kappa shape index (κ3) is 4.09. The number of hydrogen-bond donors (Lipinski definition) is 2. The lowest BCUT2D eigenvalue weighted by Crippen LogP contribution is -2.15. The maximum atomic E-state index is 6.00. The molecular formula is C10H13Cl2NS. The zero-order valence-electron chi connectivity index (χ0n) is 7.76. The van der Waals surface area contributed by atoms with Gasteiger partial charge in [0.05, 0.1) is 0 Å². The van der Waals surface area contributed by atoms with Gasteiger partial charge in [0.15, 0.2) is 0 Å². The Hall–Kier alpha value is 0.110. The third-order valence-electron chi connectivity index (χ3n) is 1.84. The molecule has 0 aliphatic heterocycles. The van der Waals surface area contributed by atoms with Crippen LogP contribution in [0.3, 0.4) is 0 Å². The van der Waals surface area contributed by atoms with E-state index in [1.807, 2.05) is 12.1 Å². The molecule has 4 heteroatoms. The molecule has 0 saturated heterocycles. The maximum absolute atomic E-state index is 6.00. The highest BCUT2D eigenvalue weighted by Crippen LogP contribution is 2.20. The first-order valence-corrected chi connectivity index (χ1v) is 5.88. The van der Waals surface area contributed by atoms with Crippen LogP contribution in [-0.4, -0.2) is 12.3 Å². The lowest BCUT2D eigenvalue weighted by molar-refractivity contribution is 0.679. The van der Waals surface area contributed by atoms with E-state index in [0.717, 1.165) is 35.8 Å². The minimum Gasteiger partial charge on any atom is -0.313 e. The fourth-order valence-corrected chi connectivity index (χ4v) is 1.73. The Kier molecular flexibility index (Phi) is 5.71. The maximum Gasteiger partial charge on any atom is 0.0465 e. The van der Waals surface area contributed by atoms with Crippen LogP contribution >= 0.6 is 35.8 Å². The monoisotopic (exact) mass is 249 g/mol. The molecule has 1 aromatic rings. The van der Waals surface area contributed by atoms with Crippen LogP contribution in [0.25, 0.3) is 0 Å². The van der Waals surface area contributed by atoms with Gasteiger partial charge in [-0.05, 0) is 36.4 Å². The van der Waals surface area contributed by atoms with Crippen molar-refractivity contribution in [3.63, 3.8) is 0 Å². The minimum absolute atomic E-state index is 0.675. The van der Waals surface area contributed by atoms with Crippen molar-refractivity contribution in [3.05, 3.63) is 33.8 Å². The average Bonchev–Trinajstić information content (AvgIpc) is 2.15. The predicted molar refractivity (Wildman–Crippen MR) is 66.6 cm³/mol. The summed E-state index contributed by atoms with van der Waals surface area (Å²) < 4.78 is 0. The quantitative estimate of drug-likeness (QED) is 0.603. The van der Waals surface area contributed by atoms with Crippen LogP contribution in [-0.2, 0) is 6.54 Å². The van der Waals surface area contributed by atoms with E-state index in [1.54, 1.807) is 6.07 Å². The van der Waals surface area contributed by atoms with Crippen molar-refractivity contribution in [1.29, 1.82) is 0 Å². The molecule has 78 valence electrons. The summed E-state index contributed by atoms with van der Waals surface area (Å²) >= 11 is 15.9. The first-order valence-electron chi connectivity index (χ1n) is 4.49. The first kappa shape index (κ1) is 12.2. The summed E-state index contributed by atoms with van der Waals surface area (Å²) in [5.74, 6) is 0.904. The summed E-state index contributed by atoms with van der Waals surface area (Å²) in [5.41, 5.74) is 1.08. The first-order chi connectivity index (χ1) is 6.74. The standard InChI is InChI=1S/C10H13Cl2NS/c11-9-3-2-8(10(12)6-9)7-13-4-1-5-14/h2-3,6,13-14H,1,4-5,7H2. The third-order valence-corrected chi connectivity index (χ3v) is 2.75.